The maximum atomic E-state index is 12.7. The Morgan fingerprint density at radius 3 is 2.81 bits per heavy atom. The predicted molar refractivity (Wildman–Crippen MR) is 100 cm³/mol. The Morgan fingerprint density at radius 1 is 1.30 bits per heavy atom. The summed E-state index contributed by atoms with van der Waals surface area (Å²) in [4.78, 5) is 5.75. The number of aliphatic imine (C=N–C) groups is 1. The lowest BCUT2D eigenvalue weighted by atomic mass is 10.1. The molecule has 0 amide bonds. The molecule has 6 nitrogen and oxygen atoms in total. The summed E-state index contributed by atoms with van der Waals surface area (Å²) in [6.45, 7) is 0.656. The summed E-state index contributed by atoms with van der Waals surface area (Å²) in [5.74, 6) is 1.53. The van der Waals surface area contributed by atoms with E-state index < -0.39 is 6.61 Å². The summed E-state index contributed by atoms with van der Waals surface area (Å²) < 4.78 is 40.6. The lowest BCUT2D eigenvalue weighted by Gasteiger charge is -2.13. The summed E-state index contributed by atoms with van der Waals surface area (Å²) >= 11 is 1.70. The van der Waals surface area contributed by atoms with Crippen LogP contribution in [0.5, 0.6) is 17.2 Å². The Hall–Kier alpha value is -2.55. The molecule has 9 heteroatoms. The highest BCUT2D eigenvalue weighted by atomic mass is 32.1. The first kappa shape index (κ1) is 19.2. The first-order valence-electron chi connectivity index (χ1n) is 8.57. The van der Waals surface area contributed by atoms with E-state index in [2.05, 4.69) is 26.4 Å². The average Bonchev–Trinajstić information content (AvgIpc) is 3.30. The number of hydrogen-bond acceptors (Lipinski definition) is 5. The third kappa shape index (κ3) is 5.46. The van der Waals surface area contributed by atoms with Crippen LogP contribution in [0.1, 0.15) is 17.4 Å². The summed E-state index contributed by atoms with van der Waals surface area (Å²) in [7, 11) is 0. The monoisotopic (exact) mass is 397 g/mol. The van der Waals surface area contributed by atoms with E-state index in [0.717, 1.165) is 6.42 Å². The van der Waals surface area contributed by atoms with Gasteiger partial charge in [-0.25, -0.2) is 4.99 Å². The van der Waals surface area contributed by atoms with Crippen molar-refractivity contribution in [3.05, 3.63) is 40.1 Å². The number of nitrogens with zero attached hydrogens (tertiary/aromatic N) is 1. The number of hydrogen-bond donors (Lipinski definition) is 2. The van der Waals surface area contributed by atoms with Gasteiger partial charge in [0.2, 0.25) is 6.79 Å². The van der Waals surface area contributed by atoms with Gasteiger partial charge in [0.15, 0.2) is 17.5 Å². The standard InChI is InChI=1S/C18H21F2N3O3S/c1-2-21-18(22-6-5-13-4-3-7-27-13)23-10-12-8-15-16(25-11-24-15)9-14(12)26-17(19)20/h3-4,7-9,17H,2,5-6,10-11H2,1H3,(H2,21,22,23). The van der Waals surface area contributed by atoms with Gasteiger partial charge in [-0.3, -0.25) is 0 Å². The maximum Gasteiger partial charge on any atom is 0.387 e. The van der Waals surface area contributed by atoms with Gasteiger partial charge < -0.3 is 24.8 Å². The quantitative estimate of drug-likeness (QED) is 0.528. The first-order valence-corrected chi connectivity index (χ1v) is 9.45. The van der Waals surface area contributed by atoms with Crippen molar-refractivity contribution in [2.45, 2.75) is 26.5 Å². The number of rotatable bonds is 8. The van der Waals surface area contributed by atoms with E-state index in [1.807, 2.05) is 18.4 Å². The normalized spacial score (nSPS) is 13.1. The fourth-order valence-corrected chi connectivity index (χ4v) is 3.27. The zero-order valence-electron chi connectivity index (χ0n) is 14.8. The molecule has 1 aliphatic heterocycles. The largest absolute Gasteiger partial charge is 0.454 e. The van der Waals surface area contributed by atoms with Gasteiger partial charge >= 0.3 is 6.61 Å². The zero-order chi connectivity index (χ0) is 19.1. The molecule has 3 rings (SSSR count). The molecule has 2 aromatic rings. The van der Waals surface area contributed by atoms with Gasteiger partial charge in [-0.15, -0.1) is 11.3 Å². The topological polar surface area (TPSA) is 64.1 Å². The van der Waals surface area contributed by atoms with Crippen LogP contribution >= 0.6 is 11.3 Å². The lowest BCUT2D eigenvalue weighted by molar-refractivity contribution is -0.0505. The minimum absolute atomic E-state index is 0.0347. The molecule has 1 aromatic heterocycles. The van der Waals surface area contributed by atoms with Crippen molar-refractivity contribution >= 4 is 17.3 Å². The number of fused-ring (bicyclic) bond motifs is 1. The van der Waals surface area contributed by atoms with E-state index >= 15 is 0 Å². The summed E-state index contributed by atoms with van der Waals surface area (Å²) in [5.41, 5.74) is 0.495. The van der Waals surface area contributed by atoms with E-state index in [-0.39, 0.29) is 19.1 Å². The highest BCUT2D eigenvalue weighted by Gasteiger charge is 2.20. The minimum atomic E-state index is -2.93. The molecule has 0 aliphatic carbocycles. The van der Waals surface area contributed by atoms with Crippen LogP contribution < -0.4 is 24.8 Å². The third-order valence-corrected chi connectivity index (χ3v) is 4.70. The van der Waals surface area contributed by atoms with Crippen LogP contribution in [0.25, 0.3) is 0 Å². The number of nitrogens with one attached hydrogen (secondary N) is 2. The number of thiophene rings is 1. The first-order chi connectivity index (χ1) is 13.2. The SMILES string of the molecule is CCNC(=NCc1cc2c(cc1OC(F)F)OCO2)NCCc1cccs1. The number of alkyl halides is 2. The second-order valence-electron chi connectivity index (χ2n) is 5.64. The third-order valence-electron chi connectivity index (χ3n) is 3.77. The van der Waals surface area contributed by atoms with E-state index in [4.69, 9.17) is 9.47 Å². The smallest absolute Gasteiger partial charge is 0.387 e. The van der Waals surface area contributed by atoms with Crippen molar-refractivity contribution < 1.29 is 23.0 Å². The zero-order valence-corrected chi connectivity index (χ0v) is 15.7. The van der Waals surface area contributed by atoms with Crippen LogP contribution in [0.2, 0.25) is 0 Å². The highest BCUT2D eigenvalue weighted by molar-refractivity contribution is 7.09. The number of guanidine groups is 1. The number of ether oxygens (including phenoxy) is 3. The van der Waals surface area contributed by atoms with Gasteiger partial charge in [-0.1, -0.05) is 6.07 Å². The van der Waals surface area contributed by atoms with Crippen LogP contribution in [0.3, 0.4) is 0 Å². The molecule has 27 heavy (non-hydrogen) atoms. The van der Waals surface area contributed by atoms with Crippen molar-refractivity contribution in [1.29, 1.82) is 0 Å². The van der Waals surface area contributed by atoms with Gasteiger partial charge in [-0.2, -0.15) is 8.78 Å². The van der Waals surface area contributed by atoms with Gasteiger partial charge in [-0.05, 0) is 30.9 Å². The molecular weight excluding hydrogens is 376 g/mol. The van der Waals surface area contributed by atoms with Crippen molar-refractivity contribution in [3.63, 3.8) is 0 Å². The maximum absolute atomic E-state index is 12.7. The molecule has 2 heterocycles. The van der Waals surface area contributed by atoms with Crippen LogP contribution in [0, 0.1) is 0 Å². The molecular formula is C18H21F2N3O3S. The molecule has 1 aliphatic rings. The molecule has 0 spiro atoms. The average molecular weight is 397 g/mol. The molecule has 0 fully saturated rings. The van der Waals surface area contributed by atoms with E-state index in [1.54, 1.807) is 17.4 Å². The fourth-order valence-electron chi connectivity index (χ4n) is 2.56. The molecule has 2 N–H and O–H groups in total. The van der Waals surface area contributed by atoms with E-state index in [1.165, 1.54) is 10.9 Å². The Morgan fingerprint density at radius 2 is 2.11 bits per heavy atom. The van der Waals surface area contributed by atoms with Crippen molar-refractivity contribution in [1.82, 2.24) is 10.6 Å². The number of benzene rings is 1. The molecule has 0 saturated carbocycles. The molecule has 0 radical (unpaired) electrons. The van der Waals surface area contributed by atoms with Crippen molar-refractivity contribution in [3.8, 4) is 17.2 Å². The highest BCUT2D eigenvalue weighted by Crippen LogP contribution is 2.39. The number of halogens is 2. The molecule has 0 unspecified atom stereocenters. The Labute approximate surface area is 160 Å². The van der Waals surface area contributed by atoms with Crippen molar-refractivity contribution in [2.24, 2.45) is 4.99 Å². The van der Waals surface area contributed by atoms with Gasteiger partial charge in [0.05, 0.1) is 6.54 Å². The molecule has 146 valence electrons. The second kappa shape index (κ2) is 9.40. The van der Waals surface area contributed by atoms with Crippen molar-refractivity contribution in [2.75, 3.05) is 19.9 Å². The fraction of sp³-hybridized carbons (Fsp3) is 0.389. The Bertz CT molecular complexity index is 769. The van der Waals surface area contributed by atoms with Gasteiger partial charge in [0.1, 0.15) is 5.75 Å². The van der Waals surface area contributed by atoms with Crippen LogP contribution in [0.15, 0.2) is 34.6 Å². The summed E-state index contributed by atoms with van der Waals surface area (Å²) in [6, 6.07) is 7.13. The predicted octanol–water partition coefficient (Wildman–Crippen LogP) is 3.38. The summed E-state index contributed by atoms with van der Waals surface area (Å²) in [6.07, 6.45) is 0.881. The van der Waals surface area contributed by atoms with E-state index in [0.29, 0.717) is 36.1 Å². The van der Waals surface area contributed by atoms with Gasteiger partial charge in [0.25, 0.3) is 0 Å². The minimum Gasteiger partial charge on any atom is -0.454 e. The van der Waals surface area contributed by atoms with Gasteiger partial charge in [0, 0.05) is 29.6 Å². The Kier molecular flexibility index (Phi) is 6.69. The second-order valence-corrected chi connectivity index (χ2v) is 6.68. The lowest BCUT2D eigenvalue weighted by Crippen LogP contribution is -2.38. The molecule has 0 atom stereocenters. The summed E-state index contributed by atoms with van der Waals surface area (Å²) in [5, 5.41) is 8.43. The Balaban J connectivity index is 1.68. The molecule has 1 aromatic carbocycles. The van der Waals surface area contributed by atoms with Crippen LogP contribution in [-0.2, 0) is 13.0 Å². The molecule has 0 saturated heterocycles. The molecule has 0 bridgehead atoms. The van der Waals surface area contributed by atoms with E-state index in [9.17, 15) is 8.78 Å². The van der Waals surface area contributed by atoms with Crippen LogP contribution in [0.4, 0.5) is 8.78 Å². The van der Waals surface area contributed by atoms with Crippen LogP contribution in [-0.4, -0.2) is 32.5 Å².